The third kappa shape index (κ3) is 4.09. The van der Waals surface area contributed by atoms with Crippen LogP contribution in [0.1, 0.15) is 12.5 Å². The lowest BCUT2D eigenvalue weighted by Crippen LogP contribution is -2.27. The van der Waals surface area contributed by atoms with Crippen molar-refractivity contribution >= 4 is 33.8 Å². The molecule has 6 nitrogen and oxygen atoms in total. The van der Waals surface area contributed by atoms with E-state index in [1.54, 1.807) is 32.0 Å². The number of hydrogen-bond donors (Lipinski definition) is 0. The fourth-order valence-electron chi connectivity index (χ4n) is 2.78. The van der Waals surface area contributed by atoms with Crippen molar-refractivity contribution < 1.29 is 23.2 Å². The maximum Gasteiger partial charge on any atom is 0.419 e. The first-order valence-corrected chi connectivity index (χ1v) is 9.41. The van der Waals surface area contributed by atoms with E-state index in [-0.39, 0.29) is 17.3 Å². The van der Waals surface area contributed by atoms with E-state index >= 15 is 0 Å². The molecule has 0 fully saturated rings. The third-order valence-corrected chi connectivity index (χ3v) is 5.35. The average molecular weight is 418 g/mol. The minimum Gasteiger partial charge on any atom is -0.449 e. The number of nitro groups is 1. The molecule has 3 aromatic rings. The monoisotopic (exact) mass is 418 g/mol. The second-order valence-corrected chi connectivity index (χ2v) is 7.04. The topological polar surface area (TPSA) is 72.7 Å². The molecule has 2 aromatic carbocycles. The highest BCUT2D eigenvalue weighted by Gasteiger charge is 2.28. The van der Waals surface area contributed by atoms with Crippen molar-refractivity contribution in [3.63, 3.8) is 0 Å². The number of non-ortho nitro benzene ring substituents is 1. The number of amides is 1. The number of ether oxygens (including phenoxy) is 1. The summed E-state index contributed by atoms with van der Waals surface area (Å²) in [6.07, 6.45) is -0.909. The molecule has 0 aliphatic rings. The van der Waals surface area contributed by atoms with Gasteiger partial charge in [0.2, 0.25) is 0 Å². The van der Waals surface area contributed by atoms with Gasteiger partial charge < -0.3 is 4.74 Å². The lowest BCUT2D eigenvalue weighted by atomic mass is 10.1. The summed E-state index contributed by atoms with van der Waals surface area (Å²) in [4.78, 5) is 24.4. The molecule has 0 saturated heterocycles. The zero-order valence-electron chi connectivity index (χ0n) is 15.5. The van der Waals surface area contributed by atoms with Crippen LogP contribution >= 0.6 is 11.3 Å². The highest BCUT2D eigenvalue weighted by molar-refractivity contribution is 7.19. The Labute approximate surface area is 169 Å². The van der Waals surface area contributed by atoms with Crippen LogP contribution in [0.5, 0.6) is 0 Å². The van der Waals surface area contributed by atoms with Crippen LogP contribution in [0.15, 0.2) is 48.5 Å². The molecule has 1 amide bonds. The molecule has 3 rings (SSSR count). The number of halogens is 2. The summed E-state index contributed by atoms with van der Waals surface area (Å²) >= 11 is 1.12. The smallest absolute Gasteiger partial charge is 0.419 e. The van der Waals surface area contributed by atoms with Gasteiger partial charge in [-0.1, -0.05) is 6.07 Å². The van der Waals surface area contributed by atoms with Crippen molar-refractivity contribution in [2.75, 3.05) is 11.5 Å². The zero-order valence-corrected chi connectivity index (χ0v) is 16.3. The van der Waals surface area contributed by atoms with E-state index in [9.17, 15) is 23.7 Å². The van der Waals surface area contributed by atoms with Gasteiger partial charge in [-0.3, -0.25) is 10.1 Å². The van der Waals surface area contributed by atoms with Gasteiger partial charge in [0.1, 0.15) is 22.3 Å². The summed E-state index contributed by atoms with van der Waals surface area (Å²) in [5.41, 5.74) is 0.847. The maximum atomic E-state index is 14.4. The minimum atomic E-state index is -0.909. The number of benzene rings is 2. The van der Waals surface area contributed by atoms with E-state index in [2.05, 4.69) is 0 Å². The van der Waals surface area contributed by atoms with Gasteiger partial charge in [-0.05, 0) is 55.3 Å². The fraction of sp³-hybridized carbons (Fsp3) is 0.150. The van der Waals surface area contributed by atoms with Crippen LogP contribution in [0, 0.1) is 28.7 Å². The van der Waals surface area contributed by atoms with E-state index in [4.69, 9.17) is 4.74 Å². The Balaban J connectivity index is 2.09. The van der Waals surface area contributed by atoms with Gasteiger partial charge in [0.25, 0.3) is 5.69 Å². The Morgan fingerprint density at radius 1 is 1.17 bits per heavy atom. The van der Waals surface area contributed by atoms with Crippen molar-refractivity contribution in [1.29, 1.82) is 0 Å². The normalized spacial score (nSPS) is 10.6. The molecular weight excluding hydrogens is 402 g/mol. The van der Waals surface area contributed by atoms with Crippen molar-refractivity contribution in [3.05, 3.63) is 75.8 Å². The Morgan fingerprint density at radius 2 is 1.79 bits per heavy atom. The van der Waals surface area contributed by atoms with Crippen LogP contribution in [0.4, 0.5) is 30.0 Å². The first-order chi connectivity index (χ1) is 13.8. The van der Waals surface area contributed by atoms with E-state index in [1.165, 1.54) is 18.2 Å². The number of nitrogens with zero attached hydrogens (tertiary/aromatic N) is 2. The second-order valence-electron chi connectivity index (χ2n) is 6.01. The standard InChI is InChI=1S/C20H16F2N2O4S/c1-3-28-20(25)23(18-15(21)5-4-6-16(18)22)17-11-12(2)19(29-17)13-7-9-14(10-8-13)24(26)27/h4-11H,3H2,1-2H3. The first kappa shape index (κ1) is 20.4. The predicted octanol–water partition coefficient (Wildman–Crippen LogP) is 6.20. The van der Waals surface area contributed by atoms with Gasteiger partial charge in [0, 0.05) is 17.0 Å². The van der Waals surface area contributed by atoms with Gasteiger partial charge in [-0.15, -0.1) is 11.3 Å². The molecule has 0 saturated carbocycles. The number of carbonyl (C=O) groups is 1. The van der Waals surface area contributed by atoms with Crippen molar-refractivity contribution in [3.8, 4) is 10.4 Å². The molecular formula is C20H16F2N2O4S. The Bertz CT molecular complexity index is 1050. The van der Waals surface area contributed by atoms with Crippen molar-refractivity contribution in [2.45, 2.75) is 13.8 Å². The molecule has 0 N–H and O–H groups in total. The van der Waals surface area contributed by atoms with Gasteiger partial charge in [0.15, 0.2) is 0 Å². The Kier molecular flexibility index (Phi) is 5.88. The van der Waals surface area contributed by atoms with Gasteiger partial charge in [0.05, 0.1) is 11.5 Å². The minimum absolute atomic E-state index is 0.0327. The lowest BCUT2D eigenvalue weighted by molar-refractivity contribution is -0.384. The molecule has 29 heavy (non-hydrogen) atoms. The number of rotatable bonds is 5. The summed E-state index contributed by atoms with van der Waals surface area (Å²) in [5, 5.41) is 11.1. The van der Waals surface area contributed by atoms with Gasteiger partial charge in [-0.25, -0.2) is 18.5 Å². The van der Waals surface area contributed by atoms with E-state index in [0.717, 1.165) is 33.9 Å². The SMILES string of the molecule is CCOC(=O)N(c1cc(C)c(-c2ccc([N+](=O)[O-])cc2)s1)c1c(F)cccc1F. The van der Waals surface area contributed by atoms with E-state index < -0.39 is 28.3 Å². The molecule has 0 bridgehead atoms. The number of anilines is 2. The lowest BCUT2D eigenvalue weighted by Gasteiger charge is -2.21. The molecule has 9 heteroatoms. The Morgan fingerprint density at radius 3 is 2.34 bits per heavy atom. The van der Waals surface area contributed by atoms with E-state index in [0.29, 0.717) is 10.4 Å². The van der Waals surface area contributed by atoms with E-state index in [1.807, 2.05) is 0 Å². The highest BCUT2D eigenvalue weighted by Crippen LogP contribution is 2.42. The van der Waals surface area contributed by atoms with Crippen LogP contribution in [0.3, 0.4) is 0 Å². The van der Waals surface area contributed by atoms with Crippen LogP contribution in [-0.4, -0.2) is 17.6 Å². The largest absolute Gasteiger partial charge is 0.449 e. The quantitative estimate of drug-likeness (QED) is 0.365. The average Bonchev–Trinajstić information content (AvgIpc) is 3.06. The highest BCUT2D eigenvalue weighted by atomic mass is 32.1. The Hall–Kier alpha value is -3.33. The number of nitro benzene ring substituents is 1. The molecule has 0 aliphatic heterocycles. The molecule has 0 atom stereocenters. The summed E-state index contributed by atoms with van der Waals surface area (Å²) in [6, 6.07) is 10.8. The molecule has 150 valence electrons. The number of carbonyl (C=O) groups excluding carboxylic acids is 1. The summed E-state index contributed by atoms with van der Waals surface area (Å²) < 4.78 is 33.8. The number of hydrogen-bond acceptors (Lipinski definition) is 5. The second kappa shape index (κ2) is 8.36. The van der Waals surface area contributed by atoms with Crippen LogP contribution in [0.25, 0.3) is 10.4 Å². The van der Waals surface area contributed by atoms with Gasteiger partial charge >= 0.3 is 6.09 Å². The summed E-state index contributed by atoms with van der Waals surface area (Å²) in [7, 11) is 0. The molecule has 1 heterocycles. The number of thiophene rings is 1. The molecule has 0 unspecified atom stereocenters. The number of para-hydroxylation sites is 1. The number of aryl methyl sites for hydroxylation is 1. The molecule has 0 spiro atoms. The fourth-order valence-corrected chi connectivity index (χ4v) is 3.95. The van der Waals surface area contributed by atoms with Gasteiger partial charge in [-0.2, -0.15) is 0 Å². The zero-order chi connectivity index (χ0) is 21.1. The van der Waals surface area contributed by atoms with Crippen LogP contribution in [-0.2, 0) is 4.74 Å². The van der Waals surface area contributed by atoms with Crippen molar-refractivity contribution in [2.24, 2.45) is 0 Å². The summed E-state index contributed by atoms with van der Waals surface area (Å²) in [6.45, 7) is 3.40. The maximum absolute atomic E-state index is 14.4. The predicted molar refractivity (Wildman–Crippen MR) is 107 cm³/mol. The first-order valence-electron chi connectivity index (χ1n) is 8.59. The molecule has 0 aliphatic carbocycles. The molecule has 0 radical (unpaired) electrons. The van der Waals surface area contributed by atoms with Crippen molar-refractivity contribution in [1.82, 2.24) is 0 Å². The van der Waals surface area contributed by atoms with Crippen LogP contribution < -0.4 is 4.90 Å². The van der Waals surface area contributed by atoms with Crippen LogP contribution in [0.2, 0.25) is 0 Å². The summed E-state index contributed by atoms with van der Waals surface area (Å²) in [5.74, 6) is -1.80. The third-order valence-electron chi connectivity index (χ3n) is 4.08. The molecule has 1 aromatic heterocycles.